The fraction of sp³-hybridized carbons (Fsp3) is 0.556. The van der Waals surface area contributed by atoms with Crippen molar-refractivity contribution in [2.45, 2.75) is 24.5 Å². The second-order valence-corrected chi connectivity index (χ2v) is 7.46. The largest absolute Gasteiger partial charge is 0.431 e. The molecule has 3 heterocycles. The van der Waals surface area contributed by atoms with Crippen molar-refractivity contribution >= 4 is 34.5 Å². The molecule has 2 aromatic rings. The van der Waals surface area contributed by atoms with Crippen LogP contribution in [-0.4, -0.2) is 60.9 Å². The first-order valence-electron chi connectivity index (χ1n) is 8.93. The Hall–Kier alpha value is -1.73. The highest BCUT2D eigenvalue weighted by Gasteiger charge is 2.18. The first-order valence-corrected chi connectivity index (χ1v) is 9.92. The van der Waals surface area contributed by atoms with Crippen molar-refractivity contribution in [2.75, 3.05) is 50.0 Å². The van der Waals surface area contributed by atoms with Gasteiger partial charge in [-0.05, 0) is 31.0 Å². The van der Waals surface area contributed by atoms with Crippen LogP contribution in [0, 0.1) is 0 Å². The van der Waals surface area contributed by atoms with Gasteiger partial charge < -0.3 is 19.0 Å². The molecule has 4 rings (SSSR count). The van der Waals surface area contributed by atoms with Gasteiger partial charge in [0.25, 0.3) is 5.22 Å². The van der Waals surface area contributed by atoms with Gasteiger partial charge in [0, 0.05) is 44.0 Å². The zero-order valence-corrected chi connectivity index (χ0v) is 15.1. The Labute approximate surface area is 151 Å². The minimum Gasteiger partial charge on any atom is -0.431 e. The lowest BCUT2D eigenvalue weighted by Gasteiger charge is -2.28. The van der Waals surface area contributed by atoms with E-state index in [2.05, 4.69) is 22.0 Å². The Morgan fingerprint density at radius 3 is 2.76 bits per heavy atom. The van der Waals surface area contributed by atoms with Gasteiger partial charge in [0.05, 0.1) is 13.2 Å². The number of oxazole rings is 1. The number of fused-ring (bicyclic) bond motifs is 1. The van der Waals surface area contributed by atoms with E-state index in [1.807, 2.05) is 11.0 Å². The summed E-state index contributed by atoms with van der Waals surface area (Å²) in [5.41, 5.74) is 2.83. The topological polar surface area (TPSA) is 58.8 Å². The number of hydrogen-bond acceptors (Lipinski definition) is 6. The highest BCUT2D eigenvalue weighted by atomic mass is 32.2. The molecule has 2 aliphatic rings. The highest BCUT2D eigenvalue weighted by molar-refractivity contribution is 7.99. The van der Waals surface area contributed by atoms with Gasteiger partial charge in [0.1, 0.15) is 5.52 Å². The molecule has 1 aromatic heterocycles. The van der Waals surface area contributed by atoms with Crippen molar-refractivity contribution in [3.05, 3.63) is 18.2 Å². The fourth-order valence-corrected chi connectivity index (χ4v) is 4.09. The Morgan fingerprint density at radius 2 is 1.96 bits per heavy atom. The fourth-order valence-electron chi connectivity index (χ4n) is 3.32. The predicted molar refractivity (Wildman–Crippen MR) is 98.2 cm³/mol. The van der Waals surface area contributed by atoms with E-state index in [-0.39, 0.29) is 5.91 Å². The van der Waals surface area contributed by atoms with Crippen LogP contribution in [0.15, 0.2) is 27.8 Å². The molecule has 1 amide bonds. The molecule has 6 nitrogen and oxygen atoms in total. The van der Waals surface area contributed by atoms with Gasteiger partial charge in [-0.15, -0.1) is 0 Å². The van der Waals surface area contributed by atoms with E-state index in [0.717, 1.165) is 69.0 Å². The number of likely N-dealkylation sites (tertiary alicyclic amines) is 1. The van der Waals surface area contributed by atoms with Gasteiger partial charge in [0.2, 0.25) is 5.91 Å². The van der Waals surface area contributed by atoms with Crippen molar-refractivity contribution in [1.82, 2.24) is 9.88 Å². The molecule has 0 radical (unpaired) electrons. The molecule has 1 aromatic carbocycles. The summed E-state index contributed by atoms with van der Waals surface area (Å²) in [6, 6.07) is 6.13. The van der Waals surface area contributed by atoms with E-state index in [4.69, 9.17) is 9.15 Å². The van der Waals surface area contributed by atoms with Gasteiger partial charge in [-0.25, -0.2) is 4.98 Å². The number of carbonyl (C=O) groups excluding carboxylic acids is 1. The van der Waals surface area contributed by atoms with Crippen LogP contribution in [0.5, 0.6) is 0 Å². The number of hydrogen-bond donors (Lipinski definition) is 0. The molecule has 0 atom stereocenters. The summed E-state index contributed by atoms with van der Waals surface area (Å²) in [4.78, 5) is 20.9. The molecule has 2 aliphatic heterocycles. The number of amides is 1. The summed E-state index contributed by atoms with van der Waals surface area (Å²) < 4.78 is 11.2. The van der Waals surface area contributed by atoms with Crippen molar-refractivity contribution in [3.63, 3.8) is 0 Å². The Kier molecular flexibility index (Phi) is 5.12. The maximum atomic E-state index is 12.1. The van der Waals surface area contributed by atoms with Crippen LogP contribution in [0.25, 0.3) is 11.1 Å². The molecule has 7 heteroatoms. The van der Waals surface area contributed by atoms with Crippen molar-refractivity contribution in [2.24, 2.45) is 0 Å². The van der Waals surface area contributed by atoms with Crippen LogP contribution in [0.1, 0.15) is 19.3 Å². The van der Waals surface area contributed by atoms with Crippen molar-refractivity contribution in [1.29, 1.82) is 0 Å². The SMILES string of the molecule is O=C(CCSc1nc2cc(N3CCOCC3)ccc2o1)N1CCCC1. The van der Waals surface area contributed by atoms with E-state index in [1.54, 1.807) is 0 Å². The van der Waals surface area contributed by atoms with Gasteiger partial charge in [-0.2, -0.15) is 0 Å². The standard InChI is InChI=1S/C18H23N3O3S/c22-17(21-6-1-2-7-21)5-12-25-18-19-15-13-14(3-4-16(15)24-18)20-8-10-23-11-9-20/h3-4,13H,1-2,5-12H2. The zero-order chi connectivity index (χ0) is 17.1. The number of benzene rings is 1. The molecular formula is C18H23N3O3S. The quantitative estimate of drug-likeness (QED) is 0.763. The van der Waals surface area contributed by atoms with Crippen LogP contribution < -0.4 is 4.90 Å². The maximum Gasteiger partial charge on any atom is 0.256 e. The summed E-state index contributed by atoms with van der Waals surface area (Å²) in [5, 5.41) is 0.642. The van der Waals surface area contributed by atoms with Crippen LogP contribution in [-0.2, 0) is 9.53 Å². The molecule has 25 heavy (non-hydrogen) atoms. The smallest absolute Gasteiger partial charge is 0.256 e. The third-order valence-electron chi connectivity index (χ3n) is 4.73. The minimum absolute atomic E-state index is 0.246. The normalized spacial score (nSPS) is 18.2. The minimum atomic E-state index is 0.246. The lowest BCUT2D eigenvalue weighted by molar-refractivity contribution is -0.129. The molecule has 2 saturated heterocycles. The first kappa shape index (κ1) is 16.7. The van der Waals surface area contributed by atoms with Gasteiger partial charge >= 0.3 is 0 Å². The van der Waals surface area contributed by atoms with Crippen LogP contribution >= 0.6 is 11.8 Å². The lowest BCUT2D eigenvalue weighted by Crippen LogP contribution is -2.36. The number of thioether (sulfide) groups is 1. The van der Waals surface area contributed by atoms with E-state index in [0.29, 0.717) is 17.4 Å². The average Bonchev–Trinajstić information content (AvgIpc) is 3.31. The van der Waals surface area contributed by atoms with E-state index in [1.165, 1.54) is 11.8 Å². The number of carbonyl (C=O) groups is 1. The summed E-state index contributed by atoms with van der Waals surface area (Å²) >= 11 is 1.52. The molecule has 0 saturated carbocycles. The van der Waals surface area contributed by atoms with Crippen LogP contribution in [0.3, 0.4) is 0 Å². The number of anilines is 1. The average molecular weight is 361 g/mol. The molecule has 0 spiro atoms. The Balaban J connectivity index is 1.36. The van der Waals surface area contributed by atoms with Crippen molar-refractivity contribution < 1.29 is 13.9 Å². The van der Waals surface area contributed by atoms with E-state index >= 15 is 0 Å². The molecule has 2 fully saturated rings. The lowest BCUT2D eigenvalue weighted by atomic mass is 10.2. The molecule has 134 valence electrons. The van der Waals surface area contributed by atoms with E-state index < -0.39 is 0 Å². The second kappa shape index (κ2) is 7.66. The van der Waals surface area contributed by atoms with Crippen LogP contribution in [0.2, 0.25) is 0 Å². The monoisotopic (exact) mass is 361 g/mol. The summed E-state index contributed by atoms with van der Waals surface area (Å²) in [6.45, 7) is 5.17. The zero-order valence-electron chi connectivity index (χ0n) is 14.3. The number of rotatable bonds is 5. The van der Waals surface area contributed by atoms with Gasteiger partial charge in [0.15, 0.2) is 5.58 Å². The van der Waals surface area contributed by atoms with Gasteiger partial charge in [-0.1, -0.05) is 11.8 Å². The Morgan fingerprint density at radius 1 is 1.16 bits per heavy atom. The van der Waals surface area contributed by atoms with Gasteiger partial charge in [-0.3, -0.25) is 4.79 Å². The maximum absolute atomic E-state index is 12.1. The molecule has 0 unspecified atom stereocenters. The summed E-state index contributed by atoms with van der Waals surface area (Å²) in [5.74, 6) is 0.953. The second-order valence-electron chi connectivity index (χ2n) is 6.42. The molecule has 0 aliphatic carbocycles. The number of aromatic nitrogens is 1. The van der Waals surface area contributed by atoms with Crippen molar-refractivity contribution in [3.8, 4) is 0 Å². The summed E-state index contributed by atoms with van der Waals surface area (Å²) in [7, 11) is 0. The number of ether oxygens (including phenoxy) is 1. The first-order chi connectivity index (χ1) is 12.3. The summed E-state index contributed by atoms with van der Waals surface area (Å²) in [6.07, 6.45) is 2.81. The predicted octanol–water partition coefficient (Wildman–Crippen LogP) is 2.77. The third-order valence-corrected chi connectivity index (χ3v) is 5.56. The number of morpholine rings is 1. The number of nitrogens with zero attached hydrogens (tertiary/aromatic N) is 3. The highest BCUT2D eigenvalue weighted by Crippen LogP contribution is 2.28. The third kappa shape index (κ3) is 3.93. The van der Waals surface area contributed by atoms with E-state index in [9.17, 15) is 4.79 Å². The molecule has 0 bridgehead atoms. The Bertz CT molecular complexity index is 736. The van der Waals surface area contributed by atoms with Crippen LogP contribution in [0.4, 0.5) is 5.69 Å². The molecule has 0 N–H and O–H groups in total. The molecular weight excluding hydrogens is 338 g/mol.